The van der Waals surface area contributed by atoms with Crippen molar-refractivity contribution in [3.63, 3.8) is 0 Å². The maximum Gasteiger partial charge on any atom is 0.161 e. The van der Waals surface area contributed by atoms with Gasteiger partial charge in [0.15, 0.2) is 5.78 Å². The standard InChI is InChI=1S/C18H17ClO/c1-12(20)17-9-8-16(11-18(17)19)15-7-3-6-14(10-15)13-4-2-5-13/h3,6-11,13H,2,4-5H2,1H3. The maximum absolute atomic E-state index is 11.4. The second kappa shape index (κ2) is 5.41. The van der Waals surface area contributed by atoms with Crippen molar-refractivity contribution >= 4 is 17.4 Å². The van der Waals surface area contributed by atoms with Gasteiger partial charge in [-0.2, -0.15) is 0 Å². The molecule has 0 amide bonds. The van der Waals surface area contributed by atoms with Crippen molar-refractivity contribution in [2.75, 3.05) is 0 Å². The van der Waals surface area contributed by atoms with E-state index in [4.69, 9.17) is 11.6 Å². The molecule has 1 saturated carbocycles. The molecule has 0 bridgehead atoms. The van der Waals surface area contributed by atoms with Gasteiger partial charge in [-0.15, -0.1) is 0 Å². The summed E-state index contributed by atoms with van der Waals surface area (Å²) in [6.07, 6.45) is 3.94. The van der Waals surface area contributed by atoms with Crippen LogP contribution in [0.15, 0.2) is 42.5 Å². The minimum Gasteiger partial charge on any atom is -0.294 e. The molecule has 2 heteroatoms. The average Bonchev–Trinajstić information content (AvgIpc) is 2.36. The molecule has 0 aromatic heterocycles. The first-order valence-electron chi connectivity index (χ1n) is 7.06. The Labute approximate surface area is 124 Å². The molecule has 3 rings (SSSR count). The fraction of sp³-hybridized carbons (Fsp3) is 0.278. The number of carbonyl (C=O) groups is 1. The molecular formula is C18H17ClO. The number of rotatable bonds is 3. The van der Waals surface area contributed by atoms with Gasteiger partial charge in [0.1, 0.15) is 0 Å². The quantitative estimate of drug-likeness (QED) is 0.682. The summed E-state index contributed by atoms with van der Waals surface area (Å²) in [5.74, 6) is 0.728. The highest BCUT2D eigenvalue weighted by atomic mass is 35.5. The predicted octanol–water partition coefficient (Wildman–Crippen LogP) is 5.48. The normalized spacial score (nSPS) is 14.9. The first kappa shape index (κ1) is 13.4. The second-order valence-corrected chi connectivity index (χ2v) is 5.91. The molecule has 1 aliphatic rings. The molecule has 0 aliphatic heterocycles. The average molecular weight is 285 g/mol. The molecule has 1 fully saturated rings. The fourth-order valence-electron chi connectivity index (χ4n) is 2.69. The molecule has 0 unspecified atom stereocenters. The number of hydrogen-bond donors (Lipinski definition) is 0. The first-order chi connectivity index (χ1) is 9.65. The monoisotopic (exact) mass is 284 g/mol. The van der Waals surface area contributed by atoms with E-state index in [1.54, 1.807) is 0 Å². The Morgan fingerprint density at radius 2 is 1.85 bits per heavy atom. The number of halogens is 1. The van der Waals surface area contributed by atoms with Gasteiger partial charge in [-0.3, -0.25) is 4.79 Å². The van der Waals surface area contributed by atoms with E-state index in [1.807, 2.05) is 18.2 Å². The minimum atomic E-state index is 0.00442. The number of benzene rings is 2. The van der Waals surface area contributed by atoms with Crippen LogP contribution in [-0.2, 0) is 0 Å². The van der Waals surface area contributed by atoms with Crippen LogP contribution in [0.5, 0.6) is 0 Å². The number of carbonyl (C=O) groups excluding carboxylic acids is 1. The van der Waals surface area contributed by atoms with Crippen molar-refractivity contribution in [2.45, 2.75) is 32.1 Å². The third-order valence-electron chi connectivity index (χ3n) is 4.14. The number of hydrogen-bond acceptors (Lipinski definition) is 1. The van der Waals surface area contributed by atoms with Crippen molar-refractivity contribution in [3.05, 3.63) is 58.6 Å². The lowest BCUT2D eigenvalue weighted by Crippen LogP contribution is -2.08. The molecule has 2 aromatic carbocycles. The zero-order chi connectivity index (χ0) is 14.1. The lowest BCUT2D eigenvalue weighted by Gasteiger charge is -2.26. The van der Waals surface area contributed by atoms with Crippen LogP contribution in [0.3, 0.4) is 0 Å². The van der Waals surface area contributed by atoms with Crippen LogP contribution in [0, 0.1) is 0 Å². The Hall–Kier alpha value is -1.60. The molecule has 0 saturated heterocycles. The van der Waals surface area contributed by atoms with Gasteiger partial charge in [0.2, 0.25) is 0 Å². The van der Waals surface area contributed by atoms with Crippen LogP contribution in [-0.4, -0.2) is 5.78 Å². The molecule has 0 radical (unpaired) electrons. The largest absolute Gasteiger partial charge is 0.294 e. The third-order valence-corrected chi connectivity index (χ3v) is 4.46. The highest BCUT2D eigenvalue weighted by Crippen LogP contribution is 2.38. The smallest absolute Gasteiger partial charge is 0.161 e. The molecule has 1 aliphatic carbocycles. The van der Waals surface area contributed by atoms with Crippen LogP contribution < -0.4 is 0 Å². The Balaban J connectivity index is 1.96. The summed E-state index contributed by atoms with van der Waals surface area (Å²) in [5.41, 5.74) is 4.25. The van der Waals surface area contributed by atoms with Crippen LogP contribution in [0.2, 0.25) is 5.02 Å². The SMILES string of the molecule is CC(=O)c1ccc(-c2cccc(C3CCC3)c2)cc1Cl. The fourth-order valence-corrected chi connectivity index (χ4v) is 3.01. The zero-order valence-corrected chi connectivity index (χ0v) is 12.3. The summed E-state index contributed by atoms with van der Waals surface area (Å²) in [6.45, 7) is 1.54. The lowest BCUT2D eigenvalue weighted by molar-refractivity contribution is 0.101. The molecule has 0 atom stereocenters. The maximum atomic E-state index is 11.4. The molecule has 1 nitrogen and oxygen atoms in total. The molecule has 0 N–H and O–H groups in total. The van der Waals surface area contributed by atoms with Crippen LogP contribution in [0.1, 0.15) is 48.0 Å². The summed E-state index contributed by atoms with van der Waals surface area (Å²) in [6, 6.07) is 14.3. The van der Waals surface area contributed by atoms with E-state index in [2.05, 4.69) is 24.3 Å². The van der Waals surface area contributed by atoms with Gasteiger partial charge < -0.3 is 0 Å². The number of ketones is 1. The van der Waals surface area contributed by atoms with Gasteiger partial charge in [-0.1, -0.05) is 48.4 Å². The lowest BCUT2D eigenvalue weighted by atomic mass is 9.79. The van der Waals surface area contributed by atoms with E-state index in [0.29, 0.717) is 10.6 Å². The summed E-state index contributed by atoms with van der Waals surface area (Å²) >= 11 is 6.19. The molecular weight excluding hydrogens is 268 g/mol. The van der Waals surface area contributed by atoms with E-state index >= 15 is 0 Å². The Morgan fingerprint density at radius 1 is 1.10 bits per heavy atom. The van der Waals surface area contributed by atoms with E-state index in [-0.39, 0.29) is 5.78 Å². The van der Waals surface area contributed by atoms with E-state index in [0.717, 1.165) is 11.5 Å². The van der Waals surface area contributed by atoms with E-state index in [1.165, 1.54) is 37.3 Å². The second-order valence-electron chi connectivity index (χ2n) is 5.50. The van der Waals surface area contributed by atoms with Crippen molar-refractivity contribution in [2.24, 2.45) is 0 Å². The molecule has 0 heterocycles. The summed E-state index contributed by atoms with van der Waals surface area (Å²) in [5, 5.41) is 0.532. The highest BCUT2D eigenvalue weighted by molar-refractivity contribution is 6.34. The van der Waals surface area contributed by atoms with Crippen molar-refractivity contribution in [1.29, 1.82) is 0 Å². The predicted molar refractivity (Wildman–Crippen MR) is 83.5 cm³/mol. The molecule has 0 spiro atoms. The van der Waals surface area contributed by atoms with E-state index < -0.39 is 0 Å². The van der Waals surface area contributed by atoms with Crippen LogP contribution in [0.25, 0.3) is 11.1 Å². The van der Waals surface area contributed by atoms with Gasteiger partial charge in [-0.05, 0) is 54.5 Å². The Kier molecular flexibility index (Phi) is 3.62. The van der Waals surface area contributed by atoms with Gasteiger partial charge in [0, 0.05) is 5.56 Å². The van der Waals surface area contributed by atoms with Gasteiger partial charge >= 0.3 is 0 Å². The van der Waals surface area contributed by atoms with Gasteiger partial charge in [0.25, 0.3) is 0 Å². The third kappa shape index (κ3) is 2.51. The topological polar surface area (TPSA) is 17.1 Å². The van der Waals surface area contributed by atoms with Crippen molar-refractivity contribution < 1.29 is 4.79 Å². The Morgan fingerprint density at radius 3 is 2.45 bits per heavy atom. The summed E-state index contributed by atoms with van der Waals surface area (Å²) < 4.78 is 0. The van der Waals surface area contributed by atoms with Crippen molar-refractivity contribution in [1.82, 2.24) is 0 Å². The zero-order valence-electron chi connectivity index (χ0n) is 11.5. The number of Topliss-reactive ketones (excluding diaryl/α,β-unsaturated/α-hetero) is 1. The molecule has 20 heavy (non-hydrogen) atoms. The van der Waals surface area contributed by atoms with Crippen LogP contribution >= 0.6 is 11.6 Å². The summed E-state index contributed by atoms with van der Waals surface area (Å²) in [4.78, 5) is 11.4. The van der Waals surface area contributed by atoms with Crippen molar-refractivity contribution in [3.8, 4) is 11.1 Å². The Bertz CT molecular complexity index is 656. The highest BCUT2D eigenvalue weighted by Gasteiger charge is 2.19. The minimum absolute atomic E-state index is 0.00442. The molecule has 102 valence electrons. The first-order valence-corrected chi connectivity index (χ1v) is 7.44. The van der Waals surface area contributed by atoms with Crippen LogP contribution in [0.4, 0.5) is 0 Å². The van der Waals surface area contributed by atoms with Gasteiger partial charge in [0.05, 0.1) is 5.02 Å². The van der Waals surface area contributed by atoms with Gasteiger partial charge in [-0.25, -0.2) is 0 Å². The van der Waals surface area contributed by atoms with E-state index in [9.17, 15) is 4.79 Å². The summed E-state index contributed by atoms with van der Waals surface area (Å²) in [7, 11) is 0. The molecule has 2 aromatic rings.